The molecule has 1 N–H and O–H groups in total. The number of hydrogen-bond donors (Lipinski definition) is 1. The van der Waals surface area contributed by atoms with E-state index in [0.29, 0.717) is 18.3 Å². The van der Waals surface area contributed by atoms with Crippen LogP contribution in [0.4, 0.5) is 5.69 Å². The second kappa shape index (κ2) is 8.84. The zero-order valence-electron chi connectivity index (χ0n) is 16.6. The van der Waals surface area contributed by atoms with Crippen LogP contribution < -0.4 is 15.0 Å². The summed E-state index contributed by atoms with van der Waals surface area (Å²) in [6.45, 7) is 2.30. The Morgan fingerprint density at radius 2 is 1.71 bits per heavy atom. The first kappa shape index (κ1) is 19.1. The molecule has 1 aromatic rings. The van der Waals surface area contributed by atoms with Crippen molar-refractivity contribution in [3.05, 3.63) is 24.3 Å². The van der Waals surface area contributed by atoms with Crippen molar-refractivity contribution in [1.82, 2.24) is 10.2 Å². The first-order valence-electron chi connectivity index (χ1n) is 10.8. The Balaban J connectivity index is 1.44. The standard InChI is InChI=1S/C22H31N3O3/c26-21(23-17-9-3-1-4-10-17)16-25-15-20(22(27)24-13-7-2-8-14-24)28-19-12-6-5-11-18(19)25/h5-6,11-12,17,20H,1-4,7-10,13-16H2,(H,23,26)/t20-/m0/s1. The number of nitrogens with one attached hydrogen (secondary N) is 1. The van der Waals surface area contributed by atoms with Crippen LogP contribution >= 0.6 is 0 Å². The number of likely N-dealkylation sites (tertiary alicyclic amines) is 1. The fraction of sp³-hybridized carbons (Fsp3) is 0.636. The molecule has 2 amide bonds. The lowest BCUT2D eigenvalue weighted by Crippen LogP contribution is -2.53. The highest BCUT2D eigenvalue weighted by atomic mass is 16.5. The predicted octanol–water partition coefficient (Wildman–Crippen LogP) is 2.72. The van der Waals surface area contributed by atoms with Gasteiger partial charge in [-0.2, -0.15) is 0 Å². The minimum atomic E-state index is -0.546. The van der Waals surface area contributed by atoms with Crippen molar-refractivity contribution in [1.29, 1.82) is 0 Å². The first-order valence-corrected chi connectivity index (χ1v) is 10.8. The topological polar surface area (TPSA) is 61.9 Å². The number of benzene rings is 1. The smallest absolute Gasteiger partial charge is 0.265 e. The molecule has 152 valence electrons. The van der Waals surface area contributed by atoms with E-state index in [0.717, 1.165) is 44.5 Å². The van der Waals surface area contributed by atoms with Gasteiger partial charge in [0.1, 0.15) is 5.75 Å². The van der Waals surface area contributed by atoms with Crippen LogP contribution in [0.3, 0.4) is 0 Å². The Labute approximate surface area is 167 Å². The van der Waals surface area contributed by atoms with Crippen LogP contribution in [0.15, 0.2) is 24.3 Å². The Morgan fingerprint density at radius 3 is 2.50 bits per heavy atom. The lowest BCUT2D eigenvalue weighted by atomic mass is 9.95. The third kappa shape index (κ3) is 4.42. The van der Waals surface area contributed by atoms with E-state index in [4.69, 9.17) is 4.74 Å². The number of carbonyl (C=O) groups is 2. The molecule has 6 nitrogen and oxygen atoms in total. The second-order valence-corrected chi connectivity index (χ2v) is 8.24. The minimum absolute atomic E-state index is 0.0350. The zero-order chi connectivity index (χ0) is 19.3. The van der Waals surface area contributed by atoms with Crippen LogP contribution in [0.2, 0.25) is 0 Å². The van der Waals surface area contributed by atoms with Gasteiger partial charge in [0.05, 0.1) is 18.8 Å². The van der Waals surface area contributed by atoms with Crippen molar-refractivity contribution in [2.24, 2.45) is 0 Å². The molecule has 0 radical (unpaired) electrons. The van der Waals surface area contributed by atoms with Gasteiger partial charge in [0, 0.05) is 19.1 Å². The minimum Gasteiger partial charge on any atom is -0.477 e. The largest absolute Gasteiger partial charge is 0.477 e. The van der Waals surface area contributed by atoms with Crippen molar-refractivity contribution in [2.75, 3.05) is 31.1 Å². The molecule has 28 heavy (non-hydrogen) atoms. The molecule has 0 aromatic heterocycles. The van der Waals surface area contributed by atoms with Gasteiger partial charge in [-0.3, -0.25) is 9.59 Å². The number of hydrogen-bond acceptors (Lipinski definition) is 4. The fourth-order valence-electron chi connectivity index (χ4n) is 4.60. The molecule has 0 unspecified atom stereocenters. The highest BCUT2D eigenvalue weighted by Gasteiger charge is 2.34. The van der Waals surface area contributed by atoms with Crippen molar-refractivity contribution >= 4 is 17.5 Å². The summed E-state index contributed by atoms with van der Waals surface area (Å²) < 4.78 is 6.04. The van der Waals surface area contributed by atoms with Gasteiger partial charge < -0.3 is 19.9 Å². The summed E-state index contributed by atoms with van der Waals surface area (Å²) in [5.41, 5.74) is 0.893. The van der Waals surface area contributed by atoms with E-state index < -0.39 is 6.10 Å². The van der Waals surface area contributed by atoms with E-state index in [9.17, 15) is 9.59 Å². The van der Waals surface area contributed by atoms with Crippen LogP contribution in [0.5, 0.6) is 5.75 Å². The number of para-hydroxylation sites is 2. The van der Waals surface area contributed by atoms with Crippen molar-refractivity contribution in [3.8, 4) is 5.75 Å². The molecule has 1 aliphatic carbocycles. The van der Waals surface area contributed by atoms with Gasteiger partial charge in [-0.15, -0.1) is 0 Å². The van der Waals surface area contributed by atoms with Gasteiger partial charge in [0.15, 0.2) is 6.10 Å². The third-order valence-electron chi connectivity index (χ3n) is 6.11. The lowest BCUT2D eigenvalue weighted by Gasteiger charge is -2.38. The number of carbonyl (C=O) groups excluding carboxylic acids is 2. The number of fused-ring (bicyclic) bond motifs is 1. The molecular weight excluding hydrogens is 354 g/mol. The zero-order valence-corrected chi connectivity index (χ0v) is 16.6. The molecule has 4 rings (SSSR count). The SMILES string of the molecule is O=C(CN1C[C@@H](C(=O)N2CCCCC2)Oc2ccccc21)NC1CCCCC1. The molecule has 0 spiro atoms. The maximum absolute atomic E-state index is 13.0. The summed E-state index contributed by atoms with van der Waals surface area (Å²) in [6, 6.07) is 8.00. The quantitative estimate of drug-likeness (QED) is 0.866. The molecule has 2 aliphatic heterocycles. The van der Waals surface area contributed by atoms with E-state index in [-0.39, 0.29) is 18.4 Å². The maximum atomic E-state index is 13.0. The molecule has 6 heteroatoms. The van der Waals surface area contributed by atoms with Crippen molar-refractivity contribution in [2.45, 2.75) is 63.5 Å². The van der Waals surface area contributed by atoms with Crippen molar-refractivity contribution in [3.63, 3.8) is 0 Å². The predicted molar refractivity (Wildman–Crippen MR) is 109 cm³/mol. The highest BCUT2D eigenvalue weighted by molar-refractivity contribution is 5.86. The van der Waals surface area contributed by atoms with E-state index in [1.54, 1.807) is 0 Å². The Bertz CT molecular complexity index is 696. The summed E-state index contributed by atoms with van der Waals surface area (Å²) in [6.07, 6.45) is 8.55. The number of nitrogens with zero attached hydrogens (tertiary/aromatic N) is 2. The molecule has 2 fully saturated rings. The number of piperidine rings is 1. The van der Waals surface area contributed by atoms with Crippen molar-refractivity contribution < 1.29 is 14.3 Å². The molecule has 1 atom stereocenters. The maximum Gasteiger partial charge on any atom is 0.265 e. The molecule has 1 saturated heterocycles. The highest BCUT2D eigenvalue weighted by Crippen LogP contribution is 2.33. The molecule has 2 heterocycles. The second-order valence-electron chi connectivity index (χ2n) is 8.24. The van der Waals surface area contributed by atoms with Crippen LogP contribution in [0.1, 0.15) is 51.4 Å². The number of amides is 2. The molecular formula is C22H31N3O3. The monoisotopic (exact) mass is 385 g/mol. The van der Waals surface area contributed by atoms with Gasteiger partial charge in [-0.1, -0.05) is 31.4 Å². The summed E-state index contributed by atoms with van der Waals surface area (Å²) in [5.74, 6) is 0.772. The summed E-state index contributed by atoms with van der Waals surface area (Å²) >= 11 is 0. The average Bonchev–Trinajstić information content (AvgIpc) is 2.74. The van der Waals surface area contributed by atoms with E-state index in [1.165, 1.54) is 25.7 Å². The molecule has 1 saturated carbocycles. The fourth-order valence-corrected chi connectivity index (χ4v) is 4.60. The summed E-state index contributed by atoms with van der Waals surface area (Å²) in [7, 11) is 0. The van der Waals surface area contributed by atoms with Gasteiger partial charge in [-0.05, 0) is 44.2 Å². The third-order valence-corrected chi connectivity index (χ3v) is 6.11. The van der Waals surface area contributed by atoms with Crippen LogP contribution in [-0.2, 0) is 9.59 Å². The Hall–Kier alpha value is -2.24. The number of rotatable bonds is 4. The van der Waals surface area contributed by atoms with Crippen LogP contribution in [0, 0.1) is 0 Å². The number of anilines is 1. The first-order chi connectivity index (χ1) is 13.7. The average molecular weight is 386 g/mol. The summed E-state index contributed by atoms with van der Waals surface area (Å²) in [5, 5.41) is 3.19. The molecule has 1 aromatic carbocycles. The van der Waals surface area contributed by atoms with Gasteiger partial charge in [0.25, 0.3) is 5.91 Å². The Kier molecular flexibility index (Phi) is 6.03. The van der Waals surface area contributed by atoms with E-state index in [1.807, 2.05) is 34.1 Å². The molecule has 0 bridgehead atoms. The van der Waals surface area contributed by atoms with Gasteiger partial charge in [0.2, 0.25) is 5.91 Å². The normalized spacial score (nSPS) is 22.9. The van der Waals surface area contributed by atoms with E-state index in [2.05, 4.69) is 5.32 Å². The number of ether oxygens (including phenoxy) is 1. The van der Waals surface area contributed by atoms with Crippen LogP contribution in [-0.4, -0.2) is 55.0 Å². The van der Waals surface area contributed by atoms with Gasteiger partial charge in [-0.25, -0.2) is 0 Å². The lowest BCUT2D eigenvalue weighted by molar-refractivity contribution is -0.139. The van der Waals surface area contributed by atoms with E-state index >= 15 is 0 Å². The summed E-state index contributed by atoms with van der Waals surface area (Å²) in [4.78, 5) is 29.6. The molecule has 3 aliphatic rings. The van der Waals surface area contributed by atoms with Crippen LogP contribution in [0.25, 0.3) is 0 Å². The van der Waals surface area contributed by atoms with Gasteiger partial charge >= 0.3 is 0 Å². The Morgan fingerprint density at radius 1 is 1.00 bits per heavy atom.